The molecule has 0 aliphatic carbocycles. The molecule has 0 spiro atoms. The number of carbonyl (C=O) groups is 2. The Morgan fingerprint density at radius 3 is 2.36 bits per heavy atom. The number of carbonyl (C=O) groups excluding carboxylic acids is 2. The number of benzene rings is 1. The van der Waals surface area contributed by atoms with Gasteiger partial charge in [-0.3, -0.25) is 9.59 Å². The van der Waals surface area contributed by atoms with E-state index >= 15 is 0 Å². The zero-order valence-electron chi connectivity index (χ0n) is 13.2. The number of methoxy groups -OCH3 is 1. The molecular formula is C16H22N2O4. The van der Waals surface area contributed by atoms with Gasteiger partial charge in [-0.05, 0) is 38.1 Å². The highest BCUT2D eigenvalue weighted by Crippen LogP contribution is 2.16. The monoisotopic (exact) mass is 306 g/mol. The Morgan fingerprint density at radius 1 is 1.23 bits per heavy atom. The topological polar surface area (TPSA) is 67.9 Å². The lowest BCUT2D eigenvalue weighted by molar-refractivity contribution is -0.138. The minimum atomic E-state index is -0.337. The van der Waals surface area contributed by atoms with Crippen molar-refractivity contribution in [2.45, 2.75) is 26.1 Å². The molecule has 1 aromatic carbocycles. The van der Waals surface area contributed by atoms with E-state index in [9.17, 15) is 9.59 Å². The highest BCUT2D eigenvalue weighted by atomic mass is 16.5. The van der Waals surface area contributed by atoms with Crippen LogP contribution in [0.1, 0.15) is 24.2 Å². The summed E-state index contributed by atoms with van der Waals surface area (Å²) >= 11 is 0. The highest BCUT2D eigenvalue weighted by molar-refractivity contribution is 5.94. The quantitative estimate of drug-likeness (QED) is 0.854. The summed E-state index contributed by atoms with van der Waals surface area (Å²) in [6.45, 7) is 5.24. The van der Waals surface area contributed by atoms with Crippen molar-refractivity contribution in [3.05, 3.63) is 29.8 Å². The van der Waals surface area contributed by atoms with E-state index in [1.54, 1.807) is 24.3 Å². The van der Waals surface area contributed by atoms with Crippen LogP contribution < -0.4 is 5.32 Å². The van der Waals surface area contributed by atoms with E-state index < -0.39 is 0 Å². The van der Waals surface area contributed by atoms with Crippen LogP contribution in [0.25, 0.3) is 0 Å². The SMILES string of the molecule is COC(=O)CNc1ccc(C(=O)N2CC(C)OC(C)C2)cc1. The number of nitrogens with one attached hydrogen (secondary N) is 1. The molecule has 0 aromatic heterocycles. The van der Waals surface area contributed by atoms with Crippen LogP contribution in [0.15, 0.2) is 24.3 Å². The molecule has 0 bridgehead atoms. The first-order valence-corrected chi connectivity index (χ1v) is 7.35. The van der Waals surface area contributed by atoms with Crippen LogP contribution in [0.2, 0.25) is 0 Å². The summed E-state index contributed by atoms with van der Waals surface area (Å²) in [5, 5.41) is 2.94. The fraction of sp³-hybridized carbons (Fsp3) is 0.500. The third-order valence-corrected chi connectivity index (χ3v) is 3.50. The smallest absolute Gasteiger partial charge is 0.325 e. The molecule has 2 rings (SSSR count). The number of amides is 1. The van der Waals surface area contributed by atoms with Crippen LogP contribution in [-0.2, 0) is 14.3 Å². The first-order chi connectivity index (χ1) is 10.5. The largest absolute Gasteiger partial charge is 0.468 e. The summed E-state index contributed by atoms with van der Waals surface area (Å²) in [5.74, 6) is -0.335. The molecule has 1 aliphatic rings. The van der Waals surface area contributed by atoms with Crippen molar-refractivity contribution >= 4 is 17.6 Å². The van der Waals surface area contributed by atoms with Crippen LogP contribution in [0.3, 0.4) is 0 Å². The lowest BCUT2D eigenvalue weighted by Crippen LogP contribution is -2.48. The van der Waals surface area contributed by atoms with Gasteiger partial charge in [-0.25, -0.2) is 0 Å². The van der Waals surface area contributed by atoms with Crippen LogP contribution in [0.4, 0.5) is 5.69 Å². The first-order valence-electron chi connectivity index (χ1n) is 7.35. The van der Waals surface area contributed by atoms with Crippen molar-refractivity contribution in [2.75, 3.05) is 32.1 Å². The molecule has 1 N–H and O–H groups in total. The van der Waals surface area contributed by atoms with Crippen LogP contribution in [-0.4, -0.2) is 55.7 Å². The molecule has 0 radical (unpaired) electrons. The van der Waals surface area contributed by atoms with Crippen molar-refractivity contribution in [2.24, 2.45) is 0 Å². The van der Waals surface area contributed by atoms with Gasteiger partial charge in [0.25, 0.3) is 5.91 Å². The fourth-order valence-electron chi connectivity index (χ4n) is 2.50. The van der Waals surface area contributed by atoms with Gasteiger partial charge in [-0.15, -0.1) is 0 Å². The Morgan fingerprint density at radius 2 is 1.82 bits per heavy atom. The van der Waals surface area contributed by atoms with Crippen molar-refractivity contribution in [1.82, 2.24) is 4.90 Å². The minimum absolute atomic E-state index is 0.00141. The van der Waals surface area contributed by atoms with Gasteiger partial charge in [0.05, 0.1) is 19.3 Å². The number of rotatable bonds is 4. The number of anilines is 1. The third-order valence-electron chi connectivity index (χ3n) is 3.50. The summed E-state index contributed by atoms with van der Waals surface area (Å²) in [6.07, 6.45) is 0.0994. The second-order valence-corrected chi connectivity index (χ2v) is 5.47. The minimum Gasteiger partial charge on any atom is -0.468 e. The molecular weight excluding hydrogens is 284 g/mol. The normalized spacial score (nSPS) is 21.3. The summed E-state index contributed by atoms with van der Waals surface area (Å²) in [4.78, 5) is 25.4. The summed E-state index contributed by atoms with van der Waals surface area (Å²) < 4.78 is 10.2. The average Bonchev–Trinajstić information content (AvgIpc) is 2.51. The molecule has 0 saturated carbocycles. The van der Waals surface area contributed by atoms with E-state index in [-0.39, 0.29) is 30.6 Å². The van der Waals surface area contributed by atoms with E-state index in [1.807, 2.05) is 18.7 Å². The zero-order valence-corrected chi connectivity index (χ0v) is 13.2. The Labute approximate surface area is 130 Å². The van der Waals surface area contributed by atoms with Gasteiger partial charge < -0.3 is 19.7 Å². The van der Waals surface area contributed by atoms with Crippen LogP contribution in [0, 0.1) is 0 Å². The van der Waals surface area contributed by atoms with E-state index in [4.69, 9.17) is 4.74 Å². The number of ether oxygens (including phenoxy) is 2. The van der Waals surface area contributed by atoms with Crippen molar-refractivity contribution < 1.29 is 19.1 Å². The maximum atomic E-state index is 12.5. The van der Waals surface area contributed by atoms with Gasteiger partial charge in [-0.2, -0.15) is 0 Å². The first kappa shape index (κ1) is 16.3. The lowest BCUT2D eigenvalue weighted by atomic mass is 10.1. The van der Waals surface area contributed by atoms with Gasteiger partial charge in [0.15, 0.2) is 0 Å². The Bertz CT molecular complexity index is 519. The molecule has 1 amide bonds. The summed E-state index contributed by atoms with van der Waals surface area (Å²) in [6, 6.07) is 7.08. The molecule has 6 nitrogen and oxygen atoms in total. The maximum Gasteiger partial charge on any atom is 0.325 e. The molecule has 1 saturated heterocycles. The molecule has 22 heavy (non-hydrogen) atoms. The number of hydrogen-bond donors (Lipinski definition) is 1. The van der Waals surface area contributed by atoms with E-state index in [1.165, 1.54) is 7.11 Å². The molecule has 1 fully saturated rings. The van der Waals surface area contributed by atoms with Gasteiger partial charge in [0.2, 0.25) is 0 Å². The maximum absolute atomic E-state index is 12.5. The second kappa shape index (κ2) is 7.26. The second-order valence-electron chi connectivity index (χ2n) is 5.47. The number of esters is 1. The van der Waals surface area contributed by atoms with Crippen molar-refractivity contribution in [3.63, 3.8) is 0 Å². The zero-order chi connectivity index (χ0) is 16.1. The molecule has 2 atom stereocenters. The molecule has 120 valence electrons. The summed E-state index contributed by atoms with van der Waals surface area (Å²) in [5.41, 5.74) is 1.40. The standard InChI is InChI=1S/C16H22N2O4/c1-11-9-18(10-12(2)22-11)16(20)13-4-6-14(7-5-13)17-8-15(19)21-3/h4-7,11-12,17H,8-10H2,1-3H3. The fourth-order valence-corrected chi connectivity index (χ4v) is 2.50. The van der Waals surface area contributed by atoms with Gasteiger partial charge in [0, 0.05) is 24.3 Å². The van der Waals surface area contributed by atoms with Gasteiger partial charge in [-0.1, -0.05) is 0 Å². The lowest BCUT2D eigenvalue weighted by Gasteiger charge is -2.35. The van der Waals surface area contributed by atoms with Crippen LogP contribution >= 0.6 is 0 Å². The highest BCUT2D eigenvalue weighted by Gasteiger charge is 2.26. The number of hydrogen-bond acceptors (Lipinski definition) is 5. The summed E-state index contributed by atoms with van der Waals surface area (Å²) in [7, 11) is 1.34. The predicted octanol–water partition coefficient (Wildman–Crippen LogP) is 1.52. The van der Waals surface area contributed by atoms with E-state index in [0.717, 1.165) is 5.69 Å². The van der Waals surface area contributed by atoms with E-state index in [0.29, 0.717) is 18.7 Å². The average molecular weight is 306 g/mol. The third kappa shape index (κ3) is 4.21. The number of nitrogens with zero attached hydrogens (tertiary/aromatic N) is 1. The molecule has 1 aliphatic heterocycles. The van der Waals surface area contributed by atoms with Gasteiger partial charge >= 0.3 is 5.97 Å². The Balaban J connectivity index is 1.97. The number of morpholine rings is 1. The van der Waals surface area contributed by atoms with Gasteiger partial charge in [0.1, 0.15) is 6.54 Å². The molecule has 1 aromatic rings. The Hall–Kier alpha value is -2.08. The molecule has 1 heterocycles. The van der Waals surface area contributed by atoms with Crippen molar-refractivity contribution in [3.8, 4) is 0 Å². The van der Waals surface area contributed by atoms with Crippen LogP contribution in [0.5, 0.6) is 0 Å². The predicted molar refractivity (Wildman–Crippen MR) is 82.9 cm³/mol. The molecule has 6 heteroatoms. The van der Waals surface area contributed by atoms with Crippen molar-refractivity contribution in [1.29, 1.82) is 0 Å². The molecule has 2 unspecified atom stereocenters. The van der Waals surface area contributed by atoms with E-state index in [2.05, 4.69) is 10.1 Å². The Kier molecular flexibility index (Phi) is 5.38.